The fourth-order valence-electron chi connectivity index (χ4n) is 1.39. The molecule has 0 amide bonds. The predicted molar refractivity (Wildman–Crippen MR) is 69.0 cm³/mol. The zero-order valence-electron chi connectivity index (χ0n) is 9.88. The van der Waals surface area contributed by atoms with Crippen molar-refractivity contribution in [3.63, 3.8) is 0 Å². The van der Waals surface area contributed by atoms with Crippen molar-refractivity contribution in [2.24, 2.45) is 7.05 Å². The van der Waals surface area contributed by atoms with Gasteiger partial charge in [0.2, 0.25) is 0 Å². The number of rotatable bonds is 4. The molecule has 0 aliphatic carbocycles. The lowest BCUT2D eigenvalue weighted by molar-refractivity contribution is 0.0514. The summed E-state index contributed by atoms with van der Waals surface area (Å²) in [5.41, 5.74) is 0.954. The molecule has 96 valence electrons. The van der Waals surface area contributed by atoms with Crippen molar-refractivity contribution >= 4 is 28.6 Å². The van der Waals surface area contributed by atoms with Crippen LogP contribution in [0.15, 0.2) is 10.6 Å². The maximum absolute atomic E-state index is 11.4. The molecular weight excluding hydrogens is 351 g/mol. The Balaban J connectivity index is 2.11. The first-order valence-corrected chi connectivity index (χ1v) is 6.36. The molecule has 2 rings (SSSR count). The van der Waals surface area contributed by atoms with Gasteiger partial charge in [0.25, 0.3) is 0 Å². The van der Waals surface area contributed by atoms with Crippen LogP contribution in [0, 0.1) is 3.70 Å². The predicted octanol–water partition coefficient (Wildman–Crippen LogP) is 1.18. The molecule has 0 spiro atoms. The van der Waals surface area contributed by atoms with Crippen LogP contribution >= 0.6 is 22.6 Å². The van der Waals surface area contributed by atoms with E-state index >= 15 is 0 Å². The van der Waals surface area contributed by atoms with E-state index in [-0.39, 0.29) is 5.69 Å². The van der Waals surface area contributed by atoms with Gasteiger partial charge in [-0.3, -0.25) is 0 Å². The van der Waals surface area contributed by atoms with Crippen molar-refractivity contribution in [2.75, 3.05) is 6.61 Å². The fraction of sp³-hybridized carbons (Fsp3) is 0.400. The van der Waals surface area contributed by atoms with E-state index in [4.69, 9.17) is 9.26 Å². The normalized spacial score (nSPS) is 10.6. The highest BCUT2D eigenvalue weighted by Crippen LogP contribution is 2.13. The first kappa shape index (κ1) is 13.0. The number of esters is 1. The maximum Gasteiger partial charge on any atom is 0.360 e. The van der Waals surface area contributed by atoms with Gasteiger partial charge in [0.1, 0.15) is 15.2 Å². The summed E-state index contributed by atoms with van der Waals surface area (Å²) in [5, 5.41) is 12.0. The van der Waals surface area contributed by atoms with E-state index in [0.717, 1.165) is 9.39 Å². The van der Waals surface area contributed by atoms with Crippen LogP contribution < -0.4 is 0 Å². The second kappa shape index (κ2) is 5.46. The van der Waals surface area contributed by atoms with E-state index < -0.39 is 5.97 Å². The summed E-state index contributed by atoms with van der Waals surface area (Å²) in [6.45, 7) is 2.05. The topological polar surface area (TPSA) is 83.0 Å². The van der Waals surface area contributed by atoms with E-state index in [2.05, 4.69) is 37.9 Å². The Kier molecular flexibility index (Phi) is 3.94. The molecule has 8 heteroatoms. The lowest BCUT2D eigenvalue weighted by Gasteiger charge is -1.94. The molecule has 2 aromatic rings. The van der Waals surface area contributed by atoms with Gasteiger partial charge in [0, 0.05) is 13.1 Å². The summed E-state index contributed by atoms with van der Waals surface area (Å²) in [6, 6.07) is 1.56. The van der Waals surface area contributed by atoms with Crippen LogP contribution in [0.4, 0.5) is 0 Å². The van der Waals surface area contributed by atoms with Crippen LogP contribution in [0.2, 0.25) is 0 Å². The van der Waals surface area contributed by atoms with Crippen LogP contribution in [-0.2, 0) is 18.2 Å². The molecular formula is C10H11IN4O3. The van der Waals surface area contributed by atoms with E-state index in [9.17, 15) is 4.79 Å². The van der Waals surface area contributed by atoms with Gasteiger partial charge in [-0.25, -0.2) is 4.79 Å². The molecule has 0 aliphatic rings. The van der Waals surface area contributed by atoms with Crippen molar-refractivity contribution < 1.29 is 14.1 Å². The van der Waals surface area contributed by atoms with Crippen LogP contribution in [-0.4, -0.2) is 32.7 Å². The minimum atomic E-state index is -0.485. The summed E-state index contributed by atoms with van der Waals surface area (Å²) in [5.74, 6) is 0.0674. The monoisotopic (exact) mass is 362 g/mol. The summed E-state index contributed by atoms with van der Waals surface area (Å²) in [7, 11) is 1.75. The molecule has 18 heavy (non-hydrogen) atoms. The fourth-order valence-corrected chi connectivity index (χ4v) is 2.00. The number of aromatic nitrogens is 4. The Labute approximate surface area is 117 Å². The van der Waals surface area contributed by atoms with E-state index in [0.29, 0.717) is 18.8 Å². The van der Waals surface area contributed by atoms with E-state index in [1.165, 1.54) is 4.80 Å². The first-order chi connectivity index (χ1) is 8.60. The van der Waals surface area contributed by atoms with Crippen LogP contribution in [0.3, 0.4) is 0 Å². The lowest BCUT2D eigenvalue weighted by atomic mass is 10.2. The molecule has 2 heterocycles. The second-order valence-corrected chi connectivity index (χ2v) is 4.52. The van der Waals surface area contributed by atoms with E-state index in [1.54, 1.807) is 20.0 Å². The number of ether oxygens (including phenoxy) is 1. The standard InChI is InChI=1S/C10H11IN4O3/c1-3-17-10(16)8-5-6(18-14-8)4-7-9(11)13-15(2)12-7/h5H,3-4H2,1-2H3. The van der Waals surface area contributed by atoms with Crippen LogP contribution in [0.5, 0.6) is 0 Å². The van der Waals surface area contributed by atoms with Crippen molar-refractivity contribution in [1.82, 2.24) is 20.2 Å². The minimum Gasteiger partial charge on any atom is -0.461 e. The molecule has 0 N–H and O–H groups in total. The molecule has 0 aromatic carbocycles. The van der Waals surface area contributed by atoms with Crippen LogP contribution in [0.25, 0.3) is 0 Å². The SMILES string of the molecule is CCOC(=O)c1cc(Cc2nn(C)nc2I)on1. The third kappa shape index (κ3) is 2.86. The molecule has 0 unspecified atom stereocenters. The maximum atomic E-state index is 11.4. The molecule has 0 atom stereocenters. The highest BCUT2D eigenvalue weighted by atomic mass is 127. The number of carbonyl (C=O) groups is 1. The van der Waals surface area contributed by atoms with Gasteiger partial charge in [-0.15, -0.1) is 5.10 Å². The summed E-state index contributed by atoms with van der Waals surface area (Å²) < 4.78 is 10.7. The van der Waals surface area contributed by atoms with Crippen molar-refractivity contribution in [3.05, 3.63) is 26.9 Å². The zero-order valence-corrected chi connectivity index (χ0v) is 12.0. The molecule has 2 aromatic heterocycles. The van der Waals surface area contributed by atoms with Gasteiger partial charge in [-0.1, -0.05) is 5.16 Å². The third-order valence-electron chi connectivity index (χ3n) is 2.12. The van der Waals surface area contributed by atoms with Gasteiger partial charge in [-0.05, 0) is 29.5 Å². The Hall–Kier alpha value is -1.45. The van der Waals surface area contributed by atoms with Crippen LogP contribution in [0.1, 0.15) is 28.9 Å². The van der Waals surface area contributed by atoms with E-state index in [1.807, 2.05) is 0 Å². The number of halogens is 1. The van der Waals surface area contributed by atoms with Gasteiger partial charge in [0.15, 0.2) is 5.69 Å². The van der Waals surface area contributed by atoms with Gasteiger partial charge < -0.3 is 9.26 Å². The Bertz CT molecular complexity index is 563. The number of aryl methyl sites for hydroxylation is 1. The molecule has 0 saturated heterocycles. The van der Waals surface area contributed by atoms with Crippen molar-refractivity contribution in [3.8, 4) is 0 Å². The van der Waals surface area contributed by atoms with Gasteiger partial charge >= 0.3 is 5.97 Å². The summed E-state index contributed by atoms with van der Waals surface area (Å²) in [6.07, 6.45) is 0.443. The number of hydrogen-bond donors (Lipinski definition) is 0. The Morgan fingerprint density at radius 2 is 2.33 bits per heavy atom. The first-order valence-electron chi connectivity index (χ1n) is 5.28. The van der Waals surface area contributed by atoms with Crippen molar-refractivity contribution in [1.29, 1.82) is 0 Å². The molecule has 0 aliphatic heterocycles. The highest BCUT2D eigenvalue weighted by Gasteiger charge is 2.16. The van der Waals surface area contributed by atoms with Gasteiger partial charge in [0.05, 0.1) is 13.0 Å². The Morgan fingerprint density at radius 1 is 1.56 bits per heavy atom. The molecule has 0 saturated carbocycles. The largest absolute Gasteiger partial charge is 0.461 e. The third-order valence-corrected chi connectivity index (χ3v) is 2.96. The molecule has 0 bridgehead atoms. The van der Waals surface area contributed by atoms with Gasteiger partial charge in [-0.2, -0.15) is 9.90 Å². The average molecular weight is 362 g/mol. The summed E-state index contributed by atoms with van der Waals surface area (Å²) >= 11 is 2.09. The quantitative estimate of drug-likeness (QED) is 0.600. The lowest BCUT2D eigenvalue weighted by Crippen LogP contribution is -2.04. The number of carbonyl (C=O) groups excluding carboxylic acids is 1. The highest BCUT2D eigenvalue weighted by molar-refractivity contribution is 14.1. The zero-order chi connectivity index (χ0) is 13.1. The smallest absolute Gasteiger partial charge is 0.360 e. The molecule has 7 nitrogen and oxygen atoms in total. The van der Waals surface area contributed by atoms with Crippen molar-refractivity contribution in [2.45, 2.75) is 13.3 Å². The average Bonchev–Trinajstić information content (AvgIpc) is 2.88. The molecule has 0 radical (unpaired) electrons. The minimum absolute atomic E-state index is 0.172. The number of hydrogen-bond acceptors (Lipinski definition) is 6. The second-order valence-electron chi connectivity index (χ2n) is 3.50. The molecule has 0 fully saturated rings. The number of nitrogens with zero attached hydrogens (tertiary/aromatic N) is 4. The summed E-state index contributed by atoms with van der Waals surface area (Å²) in [4.78, 5) is 12.9. The Morgan fingerprint density at radius 3 is 2.94 bits per heavy atom.